The van der Waals surface area contributed by atoms with Crippen LogP contribution in [0, 0.1) is 5.41 Å². The summed E-state index contributed by atoms with van der Waals surface area (Å²) in [5.74, 6) is 0. The average molecular weight is 321 g/mol. The summed E-state index contributed by atoms with van der Waals surface area (Å²) in [6, 6.07) is 10.7. The van der Waals surface area contributed by atoms with Crippen molar-refractivity contribution in [3.05, 3.63) is 35.9 Å². The highest BCUT2D eigenvalue weighted by Crippen LogP contribution is 2.42. The van der Waals surface area contributed by atoms with Crippen molar-refractivity contribution < 1.29 is 9.47 Å². The van der Waals surface area contributed by atoms with Gasteiger partial charge in [-0.1, -0.05) is 58.0 Å². The molecule has 1 atom stereocenters. The normalized spacial score (nSPS) is 15.7. The lowest BCUT2D eigenvalue weighted by Crippen LogP contribution is -2.44. The summed E-state index contributed by atoms with van der Waals surface area (Å²) in [6.07, 6.45) is 1.18. The Morgan fingerprint density at radius 2 is 1.48 bits per heavy atom. The van der Waals surface area contributed by atoms with Gasteiger partial charge in [-0.15, -0.1) is 0 Å². The van der Waals surface area contributed by atoms with Crippen LogP contribution in [0.5, 0.6) is 0 Å². The highest BCUT2D eigenvalue weighted by molar-refractivity contribution is 5.27. The quantitative estimate of drug-likeness (QED) is 0.620. The SMILES string of the molecule is CC(C)OCCC(C)(C)OCC(C)(c1ccccc1)C(C)(C)C. The Balaban J connectivity index is 2.80. The molecule has 0 N–H and O–H groups in total. The maximum absolute atomic E-state index is 6.38. The van der Waals surface area contributed by atoms with Gasteiger partial charge in [0.15, 0.2) is 0 Å². The molecule has 0 amide bonds. The van der Waals surface area contributed by atoms with E-state index in [0.717, 1.165) is 13.0 Å². The van der Waals surface area contributed by atoms with Gasteiger partial charge in [0.05, 0.1) is 18.3 Å². The predicted molar refractivity (Wildman–Crippen MR) is 99.0 cm³/mol. The minimum atomic E-state index is -0.184. The smallest absolute Gasteiger partial charge is 0.0648 e. The van der Waals surface area contributed by atoms with Crippen LogP contribution >= 0.6 is 0 Å². The molecule has 1 aromatic rings. The molecule has 0 aliphatic rings. The van der Waals surface area contributed by atoms with E-state index >= 15 is 0 Å². The summed E-state index contributed by atoms with van der Waals surface area (Å²) in [5.41, 5.74) is 1.22. The van der Waals surface area contributed by atoms with Crippen molar-refractivity contribution in [1.29, 1.82) is 0 Å². The van der Waals surface area contributed by atoms with Crippen molar-refractivity contribution >= 4 is 0 Å². The zero-order chi connectivity index (χ0) is 17.7. The Labute approximate surface area is 143 Å². The lowest BCUT2D eigenvalue weighted by molar-refractivity contribution is -0.0794. The highest BCUT2D eigenvalue weighted by atomic mass is 16.5. The van der Waals surface area contributed by atoms with Gasteiger partial charge in [0.1, 0.15) is 0 Å². The first-order chi connectivity index (χ1) is 10.5. The van der Waals surface area contributed by atoms with Crippen LogP contribution in [0.1, 0.15) is 67.4 Å². The zero-order valence-corrected chi connectivity index (χ0v) is 16.4. The number of ether oxygens (including phenoxy) is 2. The van der Waals surface area contributed by atoms with E-state index in [1.54, 1.807) is 0 Å². The third kappa shape index (κ3) is 5.93. The molecule has 2 heteroatoms. The van der Waals surface area contributed by atoms with Gasteiger partial charge in [-0.2, -0.15) is 0 Å². The van der Waals surface area contributed by atoms with Gasteiger partial charge in [0.2, 0.25) is 0 Å². The van der Waals surface area contributed by atoms with E-state index in [-0.39, 0.29) is 22.5 Å². The van der Waals surface area contributed by atoms with Gasteiger partial charge in [0.25, 0.3) is 0 Å². The Bertz CT molecular complexity index is 456. The van der Waals surface area contributed by atoms with Crippen molar-refractivity contribution in [2.45, 2.75) is 78.9 Å². The first-order valence-electron chi connectivity index (χ1n) is 8.79. The van der Waals surface area contributed by atoms with Gasteiger partial charge in [0, 0.05) is 12.0 Å². The topological polar surface area (TPSA) is 18.5 Å². The summed E-state index contributed by atoms with van der Waals surface area (Å²) in [6.45, 7) is 19.1. The number of benzene rings is 1. The molecule has 0 radical (unpaired) electrons. The standard InChI is InChI=1S/C21H36O2/c1-17(2)22-15-14-20(6,7)23-16-21(8,19(3,4)5)18-12-10-9-11-13-18/h9-13,17H,14-16H2,1-8H3. The predicted octanol–water partition coefficient (Wildman–Crippen LogP) is 5.60. The molecular formula is C21H36O2. The molecule has 0 aromatic heterocycles. The third-order valence-electron chi connectivity index (χ3n) is 4.97. The summed E-state index contributed by atoms with van der Waals surface area (Å²) in [7, 11) is 0. The second-order valence-electron chi connectivity index (χ2n) is 8.67. The van der Waals surface area contributed by atoms with E-state index in [1.165, 1.54) is 5.56 Å². The van der Waals surface area contributed by atoms with E-state index < -0.39 is 0 Å². The van der Waals surface area contributed by atoms with Crippen LogP contribution in [0.2, 0.25) is 0 Å². The molecule has 0 bridgehead atoms. The maximum Gasteiger partial charge on any atom is 0.0648 e. The fourth-order valence-electron chi connectivity index (χ4n) is 2.49. The molecule has 1 unspecified atom stereocenters. The number of hydrogen-bond donors (Lipinski definition) is 0. The first-order valence-corrected chi connectivity index (χ1v) is 8.79. The highest BCUT2D eigenvalue weighted by Gasteiger charge is 2.40. The van der Waals surface area contributed by atoms with E-state index in [9.17, 15) is 0 Å². The van der Waals surface area contributed by atoms with E-state index in [1.807, 2.05) is 0 Å². The van der Waals surface area contributed by atoms with Gasteiger partial charge >= 0.3 is 0 Å². The largest absolute Gasteiger partial charge is 0.379 e. The Hall–Kier alpha value is -0.860. The fraction of sp³-hybridized carbons (Fsp3) is 0.714. The van der Waals surface area contributed by atoms with Crippen molar-refractivity contribution in [2.75, 3.05) is 13.2 Å². The Kier molecular flexibility index (Phi) is 6.85. The molecule has 2 nitrogen and oxygen atoms in total. The lowest BCUT2D eigenvalue weighted by atomic mass is 9.64. The van der Waals surface area contributed by atoms with Gasteiger partial charge < -0.3 is 9.47 Å². The minimum Gasteiger partial charge on any atom is -0.379 e. The van der Waals surface area contributed by atoms with Crippen LogP contribution in [-0.2, 0) is 14.9 Å². The second-order valence-corrected chi connectivity index (χ2v) is 8.67. The molecule has 0 aliphatic carbocycles. The van der Waals surface area contributed by atoms with Crippen LogP contribution in [0.15, 0.2) is 30.3 Å². The van der Waals surface area contributed by atoms with Gasteiger partial charge in [-0.3, -0.25) is 0 Å². The van der Waals surface area contributed by atoms with Gasteiger partial charge in [-0.05, 0) is 45.1 Å². The van der Waals surface area contributed by atoms with E-state index in [2.05, 4.69) is 85.7 Å². The minimum absolute atomic E-state index is 0.0373. The van der Waals surface area contributed by atoms with Crippen LogP contribution < -0.4 is 0 Å². The molecule has 0 saturated heterocycles. The third-order valence-corrected chi connectivity index (χ3v) is 4.97. The van der Waals surface area contributed by atoms with Crippen molar-refractivity contribution in [2.24, 2.45) is 5.41 Å². The summed E-state index contributed by atoms with van der Waals surface area (Å²) >= 11 is 0. The van der Waals surface area contributed by atoms with Crippen LogP contribution in [-0.4, -0.2) is 24.9 Å². The van der Waals surface area contributed by atoms with Crippen LogP contribution in [0.3, 0.4) is 0 Å². The molecule has 1 rings (SSSR count). The molecule has 0 heterocycles. The van der Waals surface area contributed by atoms with E-state index in [0.29, 0.717) is 6.61 Å². The van der Waals surface area contributed by atoms with Crippen molar-refractivity contribution in [3.8, 4) is 0 Å². The summed E-state index contributed by atoms with van der Waals surface area (Å²) in [4.78, 5) is 0. The van der Waals surface area contributed by atoms with Crippen LogP contribution in [0.25, 0.3) is 0 Å². The van der Waals surface area contributed by atoms with Crippen molar-refractivity contribution in [1.82, 2.24) is 0 Å². The fourth-order valence-corrected chi connectivity index (χ4v) is 2.49. The zero-order valence-electron chi connectivity index (χ0n) is 16.4. The number of rotatable bonds is 8. The Morgan fingerprint density at radius 1 is 0.913 bits per heavy atom. The average Bonchev–Trinajstić information content (AvgIpc) is 2.44. The molecule has 23 heavy (non-hydrogen) atoms. The van der Waals surface area contributed by atoms with Crippen molar-refractivity contribution in [3.63, 3.8) is 0 Å². The molecule has 0 fully saturated rings. The monoisotopic (exact) mass is 320 g/mol. The summed E-state index contributed by atoms with van der Waals surface area (Å²) < 4.78 is 12.1. The van der Waals surface area contributed by atoms with Crippen LogP contribution in [0.4, 0.5) is 0 Å². The molecule has 0 aliphatic heterocycles. The first kappa shape index (κ1) is 20.2. The molecule has 132 valence electrons. The lowest BCUT2D eigenvalue weighted by Gasteiger charge is -2.44. The van der Waals surface area contributed by atoms with E-state index in [4.69, 9.17) is 9.47 Å². The molecule has 0 spiro atoms. The second kappa shape index (κ2) is 7.81. The number of hydrogen-bond acceptors (Lipinski definition) is 2. The van der Waals surface area contributed by atoms with Gasteiger partial charge in [-0.25, -0.2) is 0 Å². The maximum atomic E-state index is 6.38. The molecule has 0 saturated carbocycles. The molecular weight excluding hydrogens is 284 g/mol. The molecule has 1 aromatic carbocycles. The summed E-state index contributed by atoms with van der Waals surface area (Å²) in [5, 5.41) is 0. The Morgan fingerprint density at radius 3 is 1.96 bits per heavy atom.